The van der Waals surface area contributed by atoms with E-state index in [4.69, 9.17) is 0 Å². The quantitative estimate of drug-likeness (QED) is 0.842. The molecule has 100 valence electrons. The molecular weight excluding hydrogens is 294 g/mol. The predicted octanol–water partition coefficient (Wildman–Crippen LogP) is 1.85. The number of nitrogens with one attached hydrogen (secondary N) is 2. The first-order chi connectivity index (χ1) is 8.49. The molecule has 0 saturated heterocycles. The van der Waals surface area contributed by atoms with Crippen molar-refractivity contribution in [2.45, 2.75) is 6.92 Å². The average Bonchev–Trinajstić information content (AvgIpc) is 2.30. The van der Waals surface area contributed by atoms with Crippen LogP contribution in [0.5, 0.6) is 0 Å². The molecule has 18 heavy (non-hydrogen) atoms. The Labute approximate surface area is 117 Å². The number of aryl methyl sites for hydroxylation is 1. The zero-order valence-corrected chi connectivity index (χ0v) is 12.7. The van der Waals surface area contributed by atoms with Gasteiger partial charge in [0.1, 0.15) is 0 Å². The van der Waals surface area contributed by atoms with E-state index in [1.165, 1.54) is 5.56 Å². The number of hydrogen-bond donors (Lipinski definition) is 2. The summed E-state index contributed by atoms with van der Waals surface area (Å²) < 4.78 is 1.04. The normalized spacial score (nSPS) is 10.5. The lowest BCUT2D eigenvalue weighted by Gasteiger charge is -2.11. The molecular formula is C13H20BrN3O. The van der Waals surface area contributed by atoms with Crippen LogP contribution in [-0.2, 0) is 4.79 Å². The van der Waals surface area contributed by atoms with E-state index in [2.05, 4.69) is 26.6 Å². The minimum atomic E-state index is 0.00791. The van der Waals surface area contributed by atoms with Gasteiger partial charge in [0.2, 0.25) is 5.91 Å². The van der Waals surface area contributed by atoms with Gasteiger partial charge >= 0.3 is 0 Å². The van der Waals surface area contributed by atoms with Crippen molar-refractivity contribution >= 4 is 27.5 Å². The number of nitrogens with zero attached hydrogens (tertiary/aromatic N) is 1. The average molecular weight is 314 g/mol. The maximum absolute atomic E-state index is 11.5. The summed E-state index contributed by atoms with van der Waals surface area (Å²) in [6.45, 7) is 3.84. The van der Waals surface area contributed by atoms with Crippen LogP contribution in [0, 0.1) is 6.92 Å². The zero-order chi connectivity index (χ0) is 13.5. The molecule has 0 radical (unpaired) electrons. The van der Waals surface area contributed by atoms with E-state index in [-0.39, 0.29) is 5.91 Å². The molecule has 0 fully saturated rings. The molecule has 0 aliphatic rings. The molecule has 0 atom stereocenters. The van der Waals surface area contributed by atoms with Gasteiger partial charge in [0.25, 0.3) is 0 Å². The Bertz CT molecular complexity index is 407. The molecule has 0 bridgehead atoms. The molecule has 0 heterocycles. The monoisotopic (exact) mass is 313 g/mol. The second kappa shape index (κ2) is 7.38. The largest absolute Gasteiger partial charge is 0.376 e. The van der Waals surface area contributed by atoms with Crippen LogP contribution in [0.3, 0.4) is 0 Å². The lowest BCUT2D eigenvalue weighted by atomic mass is 10.2. The van der Waals surface area contributed by atoms with Gasteiger partial charge in [-0.2, -0.15) is 0 Å². The van der Waals surface area contributed by atoms with Gasteiger partial charge in [0, 0.05) is 23.2 Å². The number of halogens is 1. The Morgan fingerprint density at radius 3 is 2.72 bits per heavy atom. The van der Waals surface area contributed by atoms with Gasteiger partial charge in [-0.1, -0.05) is 22.0 Å². The number of anilines is 1. The lowest BCUT2D eigenvalue weighted by Crippen LogP contribution is -2.35. The van der Waals surface area contributed by atoms with Gasteiger partial charge in [-0.3, -0.25) is 4.79 Å². The van der Waals surface area contributed by atoms with Gasteiger partial charge in [-0.05, 0) is 38.7 Å². The molecule has 1 rings (SSSR count). The van der Waals surface area contributed by atoms with E-state index in [0.717, 1.165) is 16.7 Å². The summed E-state index contributed by atoms with van der Waals surface area (Å²) in [4.78, 5) is 13.6. The van der Waals surface area contributed by atoms with E-state index in [1.807, 2.05) is 44.1 Å². The summed E-state index contributed by atoms with van der Waals surface area (Å²) in [5.41, 5.74) is 2.12. The van der Waals surface area contributed by atoms with Crippen molar-refractivity contribution in [1.82, 2.24) is 10.2 Å². The third kappa shape index (κ3) is 5.51. The second-order valence-electron chi connectivity index (χ2n) is 4.47. The lowest BCUT2D eigenvalue weighted by molar-refractivity contribution is -0.119. The third-order valence-electron chi connectivity index (χ3n) is 2.51. The van der Waals surface area contributed by atoms with Crippen LogP contribution in [0.25, 0.3) is 0 Å². The van der Waals surface area contributed by atoms with Crippen molar-refractivity contribution in [3.05, 3.63) is 28.2 Å². The fourth-order valence-corrected chi connectivity index (χ4v) is 1.75. The third-order valence-corrected chi connectivity index (χ3v) is 3.36. The SMILES string of the molecule is Cc1ccc(NCC(=O)NCCN(C)C)cc1Br. The summed E-state index contributed by atoms with van der Waals surface area (Å²) in [7, 11) is 3.96. The molecule has 1 aromatic carbocycles. The summed E-state index contributed by atoms with van der Waals surface area (Å²) in [6.07, 6.45) is 0. The molecule has 1 aromatic rings. The van der Waals surface area contributed by atoms with Crippen molar-refractivity contribution < 1.29 is 4.79 Å². The van der Waals surface area contributed by atoms with Crippen molar-refractivity contribution in [3.63, 3.8) is 0 Å². The molecule has 0 saturated carbocycles. The van der Waals surface area contributed by atoms with Crippen LogP contribution < -0.4 is 10.6 Å². The Morgan fingerprint density at radius 2 is 2.11 bits per heavy atom. The standard InChI is InChI=1S/C13H20BrN3O/c1-10-4-5-11(8-12(10)14)16-9-13(18)15-6-7-17(2)3/h4-5,8,16H,6-7,9H2,1-3H3,(H,15,18). The first-order valence-electron chi connectivity index (χ1n) is 5.90. The van der Waals surface area contributed by atoms with Crippen molar-refractivity contribution in [2.24, 2.45) is 0 Å². The molecule has 0 aromatic heterocycles. The number of carbonyl (C=O) groups is 1. The highest BCUT2D eigenvalue weighted by atomic mass is 79.9. The number of amides is 1. The van der Waals surface area contributed by atoms with Gasteiger partial charge in [-0.15, -0.1) is 0 Å². The topological polar surface area (TPSA) is 44.4 Å². The first-order valence-corrected chi connectivity index (χ1v) is 6.70. The molecule has 1 amide bonds. The number of carbonyl (C=O) groups excluding carboxylic acids is 1. The predicted molar refractivity (Wildman–Crippen MR) is 78.9 cm³/mol. The molecule has 5 heteroatoms. The molecule has 0 spiro atoms. The maximum atomic E-state index is 11.5. The summed E-state index contributed by atoms with van der Waals surface area (Å²) in [6, 6.07) is 5.95. The highest BCUT2D eigenvalue weighted by Gasteiger charge is 2.02. The van der Waals surface area contributed by atoms with E-state index >= 15 is 0 Å². The smallest absolute Gasteiger partial charge is 0.239 e. The van der Waals surface area contributed by atoms with Crippen LogP contribution in [0.4, 0.5) is 5.69 Å². The Balaban J connectivity index is 2.31. The van der Waals surface area contributed by atoms with E-state index < -0.39 is 0 Å². The number of likely N-dealkylation sites (N-methyl/N-ethyl adjacent to an activating group) is 1. The molecule has 0 unspecified atom stereocenters. The van der Waals surface area contributed by atoms with Crippen molar-refractivity contribution in [1.29, 1.82) is 0 Å². The van der Waals surface area contributed by atoms with Crippen molar-refractivity contribution in [2.75, 3.05) is 39.0 Å². The fourth-order valence-electron chi connectivity index (χ4n) is 1.37. The zero-order valence-electron chi connectivity index (χ0n) is 11.1. The number of hydrogen-bond acceptors (Lipinski definition) is 3. The summed E-state index contributed by atoms with van der Waals surface area (Å²) in [5.74, 6) is 0.00791. The summed E-state index contributed by atoms with van der Waals surface area (Å²) in [5, 5.41) is 5.95. The van der Waals surface area contributed by atoms with E-state index in [1.54, 1.807) is 0 Å². The minimum Gasteiger partial charge on any atom is -0.376 e. The maximum Gasteiger partial charge on any atom is 0.239 e. The molecule has 2 N–H and O–H groups in total. The number of benzene rings is 1. The molecule has 4 nitrogen and oxygen atoms in total. The highest BCUT2D eigenvalue weighted by Crippen LogP contribution is 2.20. The van der Waals surface area contributed by atoms with Crippen LogP contribution in [0.2, 0.25) is 0 Å². The molecule has 0 aliphatic carbocycles. The van der Waals surface area contributed by atoms with E-state index in [9.17, 15) is 4.79 Å². The van der Waals surface area contributed by atoms with Gasteiger partial charge in [0.05, 0.1) is 6.54 Å². The fraction of sp³-hybridized carbons (Fsp3) is 0.462. The van der Waals surface area contributed by atoms with Crippen LogP contribution in [-0.4, -0.2) is 44.5 Å². The van der Waals surface area contributed by atoms with E-state index in [0.29, 0.717) is 13.1 Å². The second-order valence-corrected chi connectivity index (χ2v) is 5.33. The Hall–Kier alpha value is -1.07. The van der Waals surface area contributed by atoms with Gasteiger partial charge in [-0.25, -0.2) is 0 Å². The van der Waals surface area contributed by atoms with Crippen LogP contribution in [0.1, 0.15) is 5.56 Å². The minimum absolute atomic E-state index is 0.00791. The Morgan fingerprint density at radius 1 is 1.39 bits per heavy atom. The Kier molecular flexibility index (Phi) is 6.15. The summed E-state index contributed by atoms with van der Waals surface area (Å²) >= 11 is 3.46. The molecule has 0 aliphatic heterocycles. The van der Waals surface area contributed by atoms with Crippen LogP contribution in [0.15, 0.2) is 22.7 Å². The highest BCUT2D eigenvalue weighted by molar-refractivity contribution is 9.10. The number of rotatable bonds is 6. The van der Waals surface area contributed by atoms with Gasteiger partial charge < -0.3 is 15.5 Å². The van der Waals surface area contributed by atoms with Gasteiger partial charge in [0.15, 0.2) is 0 Å². The van der Waals surface area contributed by atoms with Crippen LogP contribution >= 0.6 is 15.9 Å². The van der Waals surface area contributed by atoms with Crippen molar-refractivity contribution in [3.8, 4) is 0 Å². The first kappa shape index (κ1) is 15.0.